The van der Waals surface area contributed by atoms with Crippen LogP contribution in [0.1, 0.15) is 22.3 Å². The molecule has 2 rings (SSSR count). The van der Waals surface area contributed by atoms with Gasteiger partial charge in [0.25, 0.3) is 0 Å². The molecule has 1 N–H and O–H groups in total. The first-order valence-electron chi connectivity index (χ1n) is 4.93. The smallest absolute Gasteiger partial charge is 0.416 e. The van der Waals surface area contributed by atoms with Crippen molar-refractivity contribution < 1.29 is 32.6 Å². The molecule has 1 atom stereocenters. The average molecular weight is 260 g/mol. The van der Waals surface area contributed by atoms with Crippen molar-refractivity contribution >= 4 is 11.8 Å². The van der Waals surface area contributed by atoms with Crippen LogP contribution in [0.5, 0.6) is 5.75 Å². The van der Waals surface area contributed by atoms with Gasteiger partial charge in [-0.15, -0.1) is 0 Å². The fraction of sp³-hybridized carbons (Fsp3) is 0.273. The predicted octanol–water partition coefficient (Wildman–Crippen LogP) is 2.12. The molecule has 0 saturated carbocycles. The lowest BCUT2D eigenvalue weighted by Gasteiger charge is -2.22. The third kappa shape index (κ3) is 2.15. The maximum absolute atomic E-state index is 12.4. The summed E-state index contributed by atoms with van der Waals surface area (Å²) in [7, 11) is 0. The van der Waals surface area contributed by atoms with Crippen LogP contribution >= 0.6 is 0 Å². The van der Waals surface area contributed by atoms with Gasteiger partial charge >= 0.3 is 12.1 Å². The Labute approximate surface area is 99.0 Å². The molecule has 0 unspecified atom stereocenters. The summed E-state index contributed by atoms with van der Waals surface area (Å²) in [4.78, 5) is 22.2. The highest BCUT2D eigenvalue weighted by atomic mass is 19.4. The number of alkyl halides is 3. The number of aliphatic carboxylic acids is 1. The van der Waals surface area contributed by atoms with Crippen LogP contribution in [0.15, 0.2) is 18.2 Å². The number of fused-ring (bicyclic) bond motifs is 1. The first kappa shape index (κ1) is 12.4. The number of ketones is 1. The van der Waals surface area contributed by atoms with E-state index in [0.29, 0.717) is 6.07 Å². The van der Waals surface area contributed by atoms with E-state index in [2.05, 4.69) is 0 Å². The Morgan fingerprint density at radius 1 is 1.39 bits per heavy atom. The first-order valence-corrected chi connectivity index (χ1v) is 4.93. The molecule has 1 heterocycles. The van der Waals surface area contributed by atoms with Crippen LogP contribution in [0.2, 0.25) is 0 Å². The number of rotatable bonds is 1. The van der Waals surface area contributed by atoms with Gasteiger partial charge in [-0.25, -0.2) is 4.79 Å². The summed E-state index contributed by atoms with van der Waals surface area (Å²) in [6.07, 6.45) is -6.37. The number of carboxylic acids is 1. The molecular formula is C11H7F3O4. The summed E-state index contributed by atoms with van der Waals surface area (Å²) in [6, 6.07) is 2.39. The number of carboxylic acid groups (broad SMARTS) is 1. The molecule has 1 aromatic carbocycles. The van der Waals surface area contributed by atoms with Gasteiger partial charge < -0.3 is 9.84 Å². The van der Waals surface area contributed by atoms with Gasteiger partial charge in [0.15, 0.2) is 5.78 Å². The summed E-state index contributed by atoms with van der Waals surface area (Å²) in [5.74, 6) is -2.13. The van der Waals surface area contributed by atoms with Gasteiger partial charge in [-0.1, -0.05) is 0 Å². The molecule has 1 aliphatic heterocycles. The molecule has 1 aromatic rings. The highest BCUT2D eigenvalue weighted by molar-refractivity contribution is 6.02. The molecule has 0 radical (unpaired) electrons. The van der Waals surface area contributed by atoms with Crippen LogP contribution in [0.3, 0.4) is 0 Å². The summed E-state index contributed by atoms with van der Waals surface area (Å²) in [5.41, 5.74) is -1.20. The highest BCUT2D eigenvalue weighted by Crippen LogP contribution is 2.35. The molecule has 0 amide bonds. The number of hydrogen-bond donors (Lipinski definition) is 1. The lowest BCUT2D eigenvalue weighted by atomic mass is 9.98. The van der Waals surface area contributed by atoms with Crippen molar-refractivity contribution in [3.63, 3.8) is 0 Å². The van der Waals surface area contributed by atoms with Gasteiger partial charge in [-0.2, -0.15) is 13.2 Å². The molecule has 18 heavy (non-hydrogen) atoms. The van der Waals surface area contributed by atoms with Gasteiger partial charge in [0.2, 0.25) is 6.10 Å². The molecule has 0 saturated heterocycles. The number of ether oxygens (including phenoxy) is 1. The molecule has 7 heteroatoms. The van der Waals surface area contributed by atoms with Crippen LogP contribution in [0, 0.1) is 0 Å². The van der Waals surface area contributed by atoms with Gasteiger partial charge in [-0.3, -0.25) is 4.79 Å². The van der Waals surface area contributed by atoms with E-state index in [1.807, 2.05) is 0 Å². The average Bonchev–Trinajstić information content (AvgIpc) is 2.27. The number of Topliss-reactive ketones (excluding diaryl/α,β-unsaturated/α-hetero) is 1. The van der Waals surface area contributed by atoms with E-state index in [1.165, 1.54) is 0 Å². The predicted molar refractivity (Wildman–Crippen MR) is 52.4 cm³/mol. The van der Waals surface area contributed by atoms with E-state index >= 15 is 0 Å². The van der Waals surface area contributed by atoms with Crippen LogP contribution in [-0.4, -0.2) is 23.0 Å². The molecule has 4 nitrogen and oxygen atoms in total. The monoisotopic (exact) mass is 260 g/mol. The number of hydrogen-bond acceptors (Lipinski definition) is 3. The third-order valence-corrected chi connectivity index (χ3v) is 2.52. The largest absolute Gasteiger partial charge is 0.478 e. The van der Waals surface area contributed by atoms with Crippen molar-refractivity contribution in [1.29, 1.82) is 0 Å². The Kier molecular flexibility index (Phi) is 2.76. The van der Waals surface area contributed by atoms with Crippen molar-refractivity contribution in [3.05, 3.63) is 29.3 Å². The van der Waals surface area contributed by atoms with E-state index in [4.69, 9.17) is 9.84 Å². The Morgan fingerprint density at radius 2 is 2.06 bits per heavy atom. The lowest BCUT2D eigenvalue weighted by molar-refractivity contribution is -0.145. The van der Waals surface area contributed by atoms with E-state index in [-0.39, 0.29) is 11.3 Å². The number of carbonyl (C=O) groups is 2. The van der Waals surface area contributed by atoms with E-state index < -0.39 is 36.0 Å². The van der Waals surface area contributed by atoms with Gasteiger partial charge in [-0.05, 0) is 18.2 Å². The normalized spacial score (nSPS) is 19.1. The molecule has 0 aromatic heterocycles. The molecular weight excluding hydrogens is 253 g/mol. The number of carbonyl (C=O) groups excluding carboxylic acids is 1. The van der Waals surface area contributed by atoms with Crippen LogP contribution < -0.4 is 4.74 Å². The zero-order valence-electron chi connectivity index (χ0n) is 8.82. The molecule has 0 fully saturated rings. The van der Waals surface area contributed by atoms with Crippen LogP contribution in [0.25, 0.3) is 0 Å². The quantitative estimate of drug-likeness (QED) is 0.840. The van der Waals surface area contributed by atoms with E-state index in [9.17, 15) is 22.8 Å². The topological polar surface area (TPSA) is 63.6 Å². The number of benzene rings is 1. The minimum absolute atomic E-state index is 0.133. The summed E-state index contributed by atoms with van der Waals surface area (Å²) >= 11 is 0. The van der Waals surface area contributed by atoms with Crippen molar-refractivity contribution in [3.8, 4) is 5.75 Å². The van der Waals surface area contributed by atoms with E-state index in [1.54, 1.807) is 0 Å². The fourth-order valence-electron chi connectivity index (χ4n) is 1.64. The molecule has 0 bridgehead atoms. The van der Waals surface area contributed by atoms with Crippen molar-refractivity contribution in [1.82, 2.24) is 0 Å². The summed E-state index contributed by atoms with van der Waals surface area (Å²) < 4.78 is 42.3. The van der Waals surface area contributed by atoms with Gasteiger partial charge in [0.1, 0.15) is 5.75 Å². The van der Waals surface area contributed by atoms with E-state index in [0.717, 1.165) is 12.1 Å². The zero-order chi connectivity index (χ0) is 13.5. The Morgan fingerprint density at radius 3 is 2.61 bits per heavy atom. The molecule has 1 aliphatic rings. The third-order valence-electron chi connectivity index (χ3n) is 2.52. The first-order chi connectivity index (χ1) is 8.29. The minimum atomic E-state index is -4.56. The Hall–Kier alpha value is -2.05. The lowest BCUT2D eigenvalue weighted by Crippen LogP contribution is -2.34. The van der Waals surface area contributed by atoms with Gasteiger partial charge in [0.05, 0.1) is 17.5 Å². The fourth-order valence-corrected chi connectivity index (χ4v) is 1.64. The second-order valence-corrected chi connectivity index (χ2v) is 3.78. The minimum Gasteiger partial charge on any atom is -0.478 e. The highest BCUT2D eigenvalue weighted by Gasteiger charge is 2.35. The zero-order valence-corrected chi connectivity index (χ0v) is 8.82. The molecule has 96 valence electrons. The second kappa shape index (κ2) is 4.01. The van der Waals surface area contributed by atoms with Crippen molar-refractivity contribution in [2.24, 2.45) is 0 Å². The Balaban J connectivity index is 2.41. The standard InChI is InChI=1S/C11H7F3O4/c12-11(13,14)5-1-2-8-6(3-5)7(15)4-9(18-8)10(16)17/h1-3,9H,4H2,(H,16,17)/t9-/m0/s1. The SMILES string of the molecule is O=C1C[C@@H](C(=O)O)Oc2ccc(C(F)(F)F)cc21. The van der Waals surface area contributed by atoms with Crippen LogP contribution in [-0.2, 0) is 11.0 Å². The summed E-state index contributed by atoms with van der Waals surface area (Å²) in [6.45, 7) is 0. The van der Waals surface area contributed by atoms with Crippen LogP contribution in [0.4, 0.5) is 13.2 Å². The number of halogens is 3. The van der Waals surface area contributed by atoms with Crippen molar-refractivity contribution in [2.45, 2.75) is 18.7 Å². The maximum Gasteiger partial charge on any atom is 0.416 e. The molecule has 0 aliphatic carbocycles. The maximum atomic E-state index is 12.4. The summed E-state index contributed by atoms with van der Waals surface area (Å²) in [5, 5.41) is 8.71. The van der Waals surface area contributed by atoms with Gasteiger partial charge in [0, 0.05) is 0 Å². The second-order valence-electron chi connectivity index (χ2n) is 3.78. The molecule has 0 spiro atoms. The Bertz CT molecular complexity index is 522. The van der Waals surface area contributed by atoms with Crippen molar-refractivity contribution in [2.75, 3.05) is 0 Å².